The SMILES string of the molecule is COc1ccc(NNC(C)(C)CCCOCC(C)C)cc1. The van der Waals surface area contributed by atoms with E-state index >= 15 is 0 Å². The fourth-order valence-electron chi connectivity index (χ4n) is 1.91. The number of rotatable bonds is 10. The Balaban J connectivity index is 2.24. The Bertz CT molecular complexity index is 388. The second-order valence-corrected chi connectivity index (χ2v) is 6.43. The van der Waals surface area contributed by atoms with Gasteiger partial charge >= 0.3 is 0 Å². The summed E-state index contributed by atoms with van der Waals surface area (Å²) in [5.74, 6) is 1.47. The lowest BCUT2D eigenvalue weighted by atomic mass is 10.00. The molecule has 0 radical (unpaired) electrons. The molecule has 0 aliphatic heterocycles. The first-order valence-corrected chi connectivity index (χ1v) is 7.68. The topological polar surface area (TPSA) is 42.5 Å². The molecule has 4 nitrogen and oxygen atoms in total. The van der Waals surface area contributed by atoms with Gasteiger partial charge in [-0.25, -0.2) is 5.43 Å². The van der Waals surface area contributed by atoms with Gasteiger partial charge in [0.1, 0.15) is 5.75 Å². The van der Waals surface area contributed by atoms with Crippen molar-refractivity contribution in [2.45, 2.75) is 46.1 Å². The van der Waals surface area contributed by atoms with Crippen molar-refractivity contribution < 1.29 is 9.47 Å². The van der Waals surface area contributed by atoms with Gasteiger partial charge in [-0.15, -0.1) is 0 Å². The number of hydrogen-bond acceptors (Lipinski definition) is 4. The molecule has 0 aliphatic rings. The summed E-state index contributed by atoms with van der Waals surface area (Å²) in [4.78, 5) is 0. The van der Waals surface area contributed by atoms with Crippen LogP contribution in [0, 0.1) is 5.92 Å². The smallest absolute Gasteiger partial charge is 0.119 e. The second-order valence-electron chi connectivity index (χ2n) is 6.43. The van der Waals surface area contributed by atoms with Gasteiger partial charge in [-0.05, 0) is 56.9 Å². The van der Waals surface area contributed by atoms with Crippen molar-refractivity contribution in [3.63, 3.8) is 0 Å². The summed E-state index contributed by atoms with van der Waals surface area (Å²) >= 11 is 0. The molecular formula is C17H30N2O2. The van der Waals surface area contributed by atoms with Crippen LogP contribution in [0.1, 0.15) is 40.5 Å². The molecule has 0 aromatic heterocycles. The lowest BCUT2D eigenvalue weighted by molar-refractivity contribution is 0.102. The van der Waals surface area contributed by atoms with Gasteiger partial charge in [0.2, 0.25) is 0 Å². The van der Waals surface area contributed by atoms with Gasteiger partial charge in [-0.3, -0.25) is 0 Å². The van der Waals surface area contributed by atoms with E-state index < -0.39 is 0 Å². The molecule has 0 fully saturated rings. The molecule has 0 unspecified atom stereocenters. The van der Waals surface area contributed by atoms with E-state index in [9.17, 15) is 0 Å². The number of nitrogens with one attached hydrogen (secondary N) is 2. The van der Waals surface area contributed by atoms with Crippen molar-refractivity contribution in [2.24, 2.45) is 5.92 Å². The van der Waals surface area contributed by atoms with Crippen LogP contribution in [0.2, 0.25) is 0 Å². The van der Waals surface area contributed by atoms with Crippen molar-refractivity contribution in [1.82, 2.24) is 5.43 Å². The molecule has 0 aliphatic carbocycles. The van der Waals surface area contributed by atoms with E-state index in [1.807, 2.05) is 24.3 Å². The van der Waals surface area contributed by atoms with E-state index in [-0.39, 0.29) is 5.54 Å². The van der Waals surface area contributed by atoms with Crippen molar-refractivity contribution in [3.8, 4) is 5.75 Å². The standard InChI is InChI=1S/C17H30N2O2/c1-14(2)13-21-12-6-11-17(3,4)19-18-15-7-9-16(20-5)10-8-15/h7-10,14,18-19H,6,11-13H2,1-5H3. The van der Waals surface area contributed by atoms with Gasteiger partial charge in [0, 0.05) is 24.4 Å². The van der Waals surface area contributed by atoms with Crippen molar-refractivity contribution in [2.75, 3.05) is 25.7 Å². The normalized spacial score (nSPS) is 11.7. The number of benzene rings is 1. The summed E-state index contributed by atoms with van der Waals surface area (Å²) in [6, 6.07) is 7.87. The maximum Gasteiger partial charge on any atom is 0.119 e. The summed E-state index contributed by atoms with van der Waals surface area (Å²) < 4.78 is 10.8. The molecule has 0 amide bonds. The molecule has 1 aromatic rings. The van der Waals surface area contributed by atoms with Gasteiger partial charge in [-0.1, -0.05) is 13.8 Å². The van der Waals surface area contributed by atoms with Crippen LogP contribution >= 0.6 is 0 Å². The summed E-state index contributed by atoms with van der Waals surface area (Å²) in [5.41, 5.74) is 7.66. The summed E-state index contributed by atoms with van der Waals surface area (Å²) in [7, 11) is 1.67. The minimum atomic E-state index is 0.0150. The quantitative estimate of drug-likeness (QED) is 0.508. The minimum Gasteiger partial charge on any atom is -0.497 e. The molecule has 1 aromatic carbocycles. The Hall–Kier alpha value is -1.26. The van der Waals surface area contributed by atoms with E-state index in [1.165, 1.54) is 0 Å². The Labute approximate surface area is 129 Å². The number of anilines is 1. The largest absolute Gasteiger partial charge is 0.497 e. The van der Waals surface area contributed by atoms with Gasteiger partial charge < -0.3 is 14.9 Å². The van der Waals surface area contributed by atoms with Crippen LogP contribution < -0.4 is 15.6 Å². The third-order valence-electron chi connectivity index (χ3n) is 3.18. The molecule has 120 valence electrons. The monoisotopic (exact) mass is 294 g/mol. The zero-order chi connectivity index (χ0) is 15.7. The molecular weight excluding hydrogens is 264 g/mol. The fourth-order valence-corrected chi connectivity index (χ4v) is 1.91. The van der Waals surface area contributed by atoms with Crippen molar-refractivity contribution in [3.05, 3.63) is 24.3 Å². The van der Waals surface area contributed by atoms with Crippen LogP contribution in [0.3, 0.4) is 0 Å². The Morgan fingerprint density at radius 1 is 1.14 bits per heavy atom. The highest BCUT2D eigenvalue weighted by atomic mass is 16.5. The lowest BCUT2D eigenvalue weighted by Gasteiger charge is -2.27. The van der Waals surface area contributed by atoms with E-state index in [0.29, 0.717) is 5.92 Å². The average Bonchev–Trinajstić information content (AvgIpc) is 2.45. The molecule has 0 saturated carbocycles. The number of ether oxygens (including phenoxy) is 2. The van der Waals surface area contributed by atoms with Gasteiger partial charge in [-0.2, -0.15) is 0 Å². The summed E-state index contributed by atoms with van der Waals surface area (Å²) in [6.07, 6.45) is 2.10. The zero-order valence-electron chi connectivity index (χ0n) is 14.0. The highest BCUT2D eigenvalue weighted by Crippen LogP contribution is 2.16. The molecule has 0 bridgehead atoms. The predicted molar refractivity (Wildman–Crippen MR) is 88.7 cm³/mol. The van der Waals surface area contributed by atoms with Crippen LogP contribution in [-0.2, 0) is 4.74 Å². The molecule has 0 heterocycles. The highest BCUT2D eigenvalue weighted by molar-refractivity contribution is 5.45. The summed E-state index contributed by atoms with van der Waals surface area (Å²) in [5, 5.41) is 0. The van der Waals surface area contributed by atoms with E-state index in [4.69, 9.17) is 9.47 Å². The van der Waals surface area contributed by atoms with Gasteiger partial charge in [0.25, 0.3) is 0 Å². The Kier molecular flexibility index (Phi) is 7.54. The predicted octanol–water partition coefficient (Wildman–Crippen LogP) is 3.84. The number of hydrogen-bond donors (Lipinski definition) is 2. The van der Waals surface area contributed by atoms with Crippen LogP contribution in [0.5, 0.6) is 5.75 Å². The third kappa shape index (κ3) is 7.93. The summed E-state index contributed by atoms with van der Waals surface area (Å²) in [6.45, 7) is 10.4. The van der Waals surface area contributed by atoms with E-state index in [1.54, 1.807) is 7.11 Å². The number of methoxy groups -OCH3 is 1. The van der Waals surface area contributed by atoms with Crippen LogP contribution in [0.4, 0.5) is 5.69 Å². The molecule has 4 heteroatoms. The van der Waals surface area contributed by atoms with Crippen molar-refractivity contribution in [1.29, 1.82) is 0 Å². The maximum atomic E-state index is 5.62. The minimum absolute atomic E-state index is 0.0150. The third-order valence-corrected chi connectivity index (χ3v) is 3.18. The van der Waals surface area contributed by atoms with E-state index in [0.717, 1.165) is 37.5 Å². The molecule has 2 N–H and O–H groups in total. The van der Waals surface area contributed by atoms with Crippen LogP contribution in [0.15, 0.2) is 24.3 Å². The van der Waals surface area contributed by atoms with Crippen LogP contribution in [0.25, 0.3) is 0 Å². The second kappa shape index (κ2) is 8.90. The highest BCUT2D eigenvalue weighted by Gasteiger charge is 2.16. The molecule has 0 spiro atoms. The average molecular weight is 294 g/mol. The molecule has 21 heavy (non-hydrogen) atoms. The zero-order valence-corrected chi connectivity index (χ0v) is 14.0. The first-order chi connectivity index (χ1) is 9.93. The maximum absolute atomic E-state index is 5.62. The van der Waals surface area contributed by atoms with Gasteiger partial charge in [0.05, 0.1) is 7.11 Å². The first-order valence-electron chi connectivity index (χ1n) is 7.68. The molecule has 0 saturated heterocycles. The molecule has 0 atom stereocenters. The van der Waals surface area contributed by atoms with Gasteiger partial charge in [0.15, 0.2) is 0 Å². The van der Waals surface area contributed by atoms with Crippen LogP contribution in [-0.4, -0.2) is 25.9 Å². The Morgan fingerprint density at radius 2 is 1.81 bits per heavy atom. The van der Waals surface area contributed by atoms with E-state index in [2.05, 4.69) is 38.5 Å². The Morgan fingerprint density at radius 3 is 2.38 bits per heavy atom. The lowest BCUT2D eigenvalue weighted by Crippen LogP contribution is -2.43. The number of hydrazine groups is 1. The molecule has 1 rings (SSSR count). The first kappa shape index (κ1) is 17.8. The fraction of sp³-hybridized carbons (Fsp3) is 0.647. The van der Waals surface area contributed by atoms with Crippen molar-refractivity contribution >= 4 is 5.69 Å².